The molecule has 0 fully saturated rings. The molecule has 0 unspecified atom stereocenters. The molecule has 42 heavy (non-hydrogen) atoms. The normalized spacial score (nSPS) is 12.3. The first kappa shape index (κ1) is 28.6. The first-order chi connectivity index (χ1) is 20.6. The van der Waals surface area contributed by atoms with E-state index in [4.69, 9.17) is 5.10 Å². The molecule has 0 spiro atoms. The van der Waals surface area contributed by atoms with Crippen LogP contribution in [0.5, 0.6) is 0 Å². The van der Waals surface area contributed by atoms with Crippen LogP contribution in [0.2, 0.25) is 0 Å². The maximum atomic E-state index is 13.5. The van der Waals surface area contributed by atoms with Crippen LogP contribution in [-0.4, -0.2) is 25.7 Å². The molecule has 0 bridgehead atoms. The molecule has 0 radical (unpaired) electrons. The highest BCUT2D eigenvalue weighted by molar-refractivity contribution is 5.94. The average molecular weight is 556 g/mol. The van der Waals surface area contributed by atoms with Crippen LogP contribution in [0.15, 0.2) is 128 Å². The molecule has 6 heteroatoms. The largest absolute Gasteiger partial charge is 0.361 e. The van der Waals surface area contributed by atoms with Gasteiger partial charge in [0.15, 0.2) is 5.82 Å². The van der Waals surface area contributed by atoms with E-state index >= 15 is 0 Å². The fraction of sp³-hybridized carbons (Fsp3) is 0.194. The van der Waals surface area contributed by atoms with Gasteiger partial charge in [0.25, 0.3) is 5.91 Å². The summed E-state index contributed by atoms with van der Waals surface area (Å²) < 4.78 is 2.20. The lowest BCUT2D eigenvalue weighted by molar-refractivity contribution is 0.0934. The number of carbonyl (C=O) groups is 1. The third-order valence-corrected chi connectivity index (χ3v) is 7.38. The summed E-state index contributed by atoms with van der Waals surface area (Å²) in [6, 6.07) is 27.6. The number of nitrogens with zero attached hydrogens (tertiary/aromatic N) is 3. The highest BCUT2D eigenvalue weighted by atomic mass is 16.1. The highest BCUT2D eigenvalue weighted by Gasteiger charge is 2.25. The van der Waals surface area contributed by atoms with Crippen LogP contribution in [0.3, 0.4) is 0 Å². The molecule has 5 rings (SSSR count). The predicted octanol–water partition coefficient (Wildman–Crippen LogP) is 7.34. The van der Waals surface area contributed by atoms with Gasteiger partial charge in [0.1, 0.15) is 5.82 Å². The second-order valence-corrected chi connectivity index (χ2v) is 10.4. The summed E-state index contributed by atoms with van der Waals surface area (Å²) in [7, 11) is 0. The second-order valence-electron chi connectivity index (χ2n) is 10.4. The molecule has 5 aromatic rings. The van der Waals surface area contributed by atoms with E-state index in [2.05, 4.69) is 62.9 Å². The fourth-order valence-corrected chi connectivity index (χ4v) is 5.14. The number of carbonyl (C=O) groups excluding carboxylic acids is 1. The molecule has 0 aliphatic carbocycles. The number of hydrogen-bond acceptors (Lipinski definition) is 3. The van der Waals surface area contributed by atoms with Crippen molar-refractivity contribution in [1.82, 2.24) is 25.1 Å². The van der Waals surface area contributed by atoms with Crippen molar-refractivity contribution in [3.05, 3.63) is 156 Å². The Bertz CT molecular complexity index is 1680. The zero-order valence-corrected chi connectivity index (χ0v) is 24.0. The topological polar surface area (TPSA) is 75.6 Å². The number of aromatic amines is 1. The number of fused-ring (bicyclic) bond motifs is 1. The van der Waals surface area contributed by atoms with E-state index < -0.39 is 0 Å². The number of nitrogens with one attached hydrogen (secondary N) is 2. The maximum absolute atomic E-state index is 13.5. The number of aryl methyl sites for hydroxylation is 2. The molecule has 1 amide bonds. The van der Waals surface area contributed by atoms with Crippen molar-refractivity contribution >= 4 is 16.8 Å². The van der Waals surface area contributed by atoms with Crippen molar-refractivity contribution in [3.63, 3.8) is 0 Å². The van der Waals surface area contributed by atoms with E-state index in [0.29, 0.717) is 24.9 Å². The van der Waals surface area contributed by atoms with Gasteiger partial charge >= 0.3 is 0 Å². The molecule has 6 nitrogen and oxygen atoms in total. The number of para-hydroxylation sites is 1. The van der Waals surface area contributed by atoms with Gasteiger partial charge in [-0.15, -0.1) is 10.2 Å². The number of rotatable bonds is 13. The van der Waals surface area contributed by atoms with Crippen molar-refractivity contribution < 1.29 is 4.79 Å². The van der Waals surface area contributed by atoms with Gasteiger partial charge < -0.3 is 14.9 Å². The Morgan fingerprint density at radius 3 is 2.48 bits per heavy atom. The SMILES string of the molecule is C=C(/C=C\C=C/C)CCc1nnc([C@@H](Cc2c[nH]c3ccccc23)NC(=O)c2ccccc2)n1CCc1ccccc1. The number of benzene rings is 3. The van der Waals surface area contributed by atoms with E-state index in [9.17, 15) is 4.79 Å². The van der Waals surface area contributed by atoms with Gasteiger partial charge in [-0.25, -0.2) is 0 Å². The Hall–Kier alpha value is -4.97. The van der Waals surface area contributed by atoms with Crippen molar-refractivity contribution in [2.24, 2.45) is 0 Å². The molecule has 2 heterocycles. The number of allylic oxidation sites excluding steroid dienone is 5. The summed E-state index contributed by atoms with van der Waals surface area (Å²) in [4.78, 5) is 16.8. The average Bonchev–Trinajstić information content (AvgIpc) is 3.63. The van der Waals surface area contributed by atoms with Crippen LogP contribution in [0.25, 0.3) is 10.9 Å². The maximum Gasteiger partial charge on any atom is 0.251 e. The summed E-state index contributed by atoms with van der Waals surface area (Å²) in [5.41, 5.74) is 5.06. The standard InChI is InChI=1S/C36H37N5O/c1-3-4-7-14-27(2)21-22-34-39-40-35(41(34)24-23-28-15-8-5-9-16-28)33(38-36(42)29-17-10-6-11-18-29)25-30-26-37-32-20-13-12-19-31(30)32/h3-20,26,33,37H,2,21-25H2,1H3,(H,38,42)/b4-3-,14-7-/t33-/m1/s1. The summed E-state index contributed by atoms with van der Waals surface area (Å²) in [5.74, 6) is 1.51. The van der Waals surface area contributed by atoms with E-state index in [-0.39, 0.29) is 11.9 Å². The van der Waals surface area contributed by atoms with Gasteiger partial charge in [-0.1, -0.05) is 103 Å². The van der Waals surface area contributed by atoms with E-state index in [0.717, 1.165) is 46.5 Å². The van der Waals surface area contributed by atoms with Crippen LogP contribution >= 0.6 is 0 Å². The Morgan fingerprint density at radius 1 is 0.952 bits per heavy atom. The van der Waals surface area contributed by atoms with E-state index in [1.165, 1.54) is 5.56 Å². The zero-order chi connectivity index (χ0) is 29.1. The van der Waals surface area contributed by atoms with E-state index in [1.807, 2.05) is 86.0 Å². The van der Waals surface area contributed by atoms with Crippen LogP contribution in [-0.2, 0) is 25.8 Å². The first-order valence-electron chi connectivity index (χ1n) is 14.5. The van der Waals surface area contributed by atoms with Crippen LogP contribution in [0.4, 0.5) is 0 Å². The summed E-state index contributed by atoms with van der Waals surface area (Å²) in [6.45, 7) is 6.92. The van der Waals surface area contributed by atoms with Crippen molar-refractivity contribution in [2.75, 3.05) is 0 Å². The summed E-state index contributed by atoms with van der Waals surface area (Å²) in [5, 5.41) is 13.8. The molecule has 3 aromatic carbocycles. The summed E-state index contributed by atoms with van der Waals surface area (Å²) in [6.07, 6.45) is 12.9. The van der Waals surface area contributed by atoms with Crippen LogP contribution < -0.4 is 5.32 Å². The van der Waals surface area contributed by atoms with Gasteiger partial charge in [0.05, 0.1) is 6.04 Å². The number of H-pyrrole nitrogens is 1. The lowest BCUT2D eigenvalue weighted by Gasteiger charge is -2.20. The molecule has 212 valence electrons. The third-order valence-electron chi connectivity index (χ3n) is 7.38. The van der Waals surface area contributed by atoms with Gasteiger partial charge in [-0.05, 0) is 49.1 Å². The van der Waals surface area contributed by atoms with E-state index in [1.54, 1.807) is 0 Å². The Labute approximate surface area is 247 Å². The molecular weight excluding hydrogens is 518 g/mol. The lowest BCUT2D eigenvalue weighted by Crippen LogP contribution is -2.32. The quantitative estimate of drug-likeness (QED) is 0.149. The predicted molar refractivity (Wildman–Crippen MR) is 170 cm³/mol. The van der Waals surface area contributed by atoms with Gasteiger partial charge in [-0.3, -0.25) is 4.79 Å². The highest BCUT2D eigenvalue weighted by Crippen LogP contribution is 2.26. The van der Waals surface area contributed by atoms with Crippen molar-refractivity contribution in [3.8, 4) is 0 Å². The molecule has 0 saturated carbocycles. The van der Waals surface area contributed by atoms with Crippen molar-refractivity contribution in [1.29, 1.82) is 0 Å². The number of hydrogen-bond donors (Lipinski definition) is 2. The Balaban J connectivity index is 1.48. The number of aromatic nitrogens is 4. The fourth-order valence-electron chi connectivity index (χ4n) is 5.14. The molecular formula is C36H37N5O. The molecule has 0 aliphatic rings. The molecule has 2 aromatic heterocycles. The second kappa shape index (κ2) is 14.1. The molecule has 0 saturated heterocycles. The Kier molecular flexibility index (Phi) is 9.57. The van der Waals surface area contributed by atoms with Gasteiger partial charge in [0.2, 0.25) is 0 Å². The van der Waals surface area contributed by atoms with Gasteiger partial charge in [0, 0.05) is 42.0 Å². The molecule has 0 aliphatic heterocycles. The third kappa shape index (κ3) is 7.21. The summed E-state index contributed by atoms with van der Waals surface area (Å²) >= 11 is 0. The Morgan fingerprint density at radius 2 is 1.69 bits per heavy atom. The minimum Gasteiger partial charge on any atom is -0.361 e. The molecule has 1 atom stereocenters. The minimum atomic E-state index is -0.383. The van der Waals surface area contributed by atoms with Crippen LogP contribution in [0, 0.1) is 0 Å². The zero-order valence-electron chi connectivity index (χ0n) is 24.0. The smallest absolute Gasteiger partial charge is 0.251 e. The van der Waals surface area contributed by atoms with Gasteiger partial charge in [-0.2, -0.15) is 0 Å². The van der Waals surface area contributed by atoms with Crippen molar-refractivity contribution in [2.45, 2.75) is 45.2 Å². The lowest BCUT2D eigenvalue weighted by atomic mass is 10.0. The minimum absolute atomic E-state index is 0.137. The first-order valence-corrected chi connectivity index (χ1v) is 14.5. The monoisotopic (exact) mass is 555 g/mol. The van der Waals surface area contributed by atoms with Crippen LogP contribution in [0.1, 0.15) is 52.5 Å². The number of amides is 1. The molecule has 2 N–H and O–H groups in total.